The predicted molar refractivity (Wildman–Crippen MR) is 173 cm³/mol. The van der Waals surface area contributed by atoms with E-state index in [1.54, 1.807) is 0 Å². The van der Waals surface area contributed by atoms with Crippen molar-refractivity contribution in [3.8, 4) is 0 Å². The lowest BCUT2D eigenvalue weighted by molar-refractivity contribution is 0.482. The zero-order valence-corrected chi connectivity index (χ0v) is 27.5. The van der Waals surface area contributed by atoms with Gasteiger partial charge in [-0.05, 0) is 79.6 Å². The third-order valence-electron chi connectivity index (χ3n) is 7.24. The molecule has 41 heavy (non-hydrogen) atoms. The minimum Gasteiger partial charge on any atom is -0.203 e. The molecule has 0 N–H and O–H groups in total. The molecule has 0 saturated heterocycles. The minimum absolute atomic E-state index is 0.156. The number of hydrogen-bond acceptors (Lipinski definition) is 3. The highest BCUT2D eigenvalue weighted by atomic mass is 32.3. The van der Waals surface area contributed by atoms with Crippen LogP contribution in [0.2, 0.25) is 0 Å². The van der Waals surface area contributed by atoms with Gasteiger partial charge in [-0.15, -0.1) is 0 Å². The monoisotopic (exact) mass is 588 g/mol. The Labute approximate surface area is 249 Å². The van der Waals surface area contributed by atoms with Crippen molar-refractivity contribution >= 4 is 20.4 Å². The molecular weight excluding hydrogens is 545 g/mol. The SMILES string of the molecule is CC(C)(C)c1cc(C(C)(C)C)c(S(=O)(=O)OS(c2ccccc2)(c2ccccc2)c2ccccc2)c(C(C)(C)C)c1. The van der Waals surface area contributed by atoms with Crippen LogP contribution in [0.4, 0.5) is 0 Å². The van der Waals surface area contributed by atoms with Gasteiger partial charge in [-0.3, -0.25) is 0 Å². The fraction of sp³-hybridized carbons (Fsp3) is 0.333. The van der Waals surface area contributed by atoms with Crippen LogP contribution in [0.1, 0.15) is 79.0 Å². The van der Waals surface area contributed by atoms with Crippen molar-refractivity contribution in [3.63, 3.8) is 0 Å². The van der Waals surface area contributed by atoms with Crippen LogP contribution in [0.5, 0.6) is 0 Å². The van der Waals surface area contributed by atoms with Crippen molar-refractivity contribution in [2.45, 2.75) is 98.1 Å². The third-order valence-corrected chi connectivity index (χ3v) is 12.5. The second kappa shape index (κ2) is 11.1. The maximum Gasteiger partial charge on any atom is 0.307 e. The van der Waals surface area contributed by atoms with Gasteiger partial charge >= 0.3 is 10.1 Å². The first-order chi connectivity index (χ1) is 19.0. The van der Waals surface area contributed by atoms with Gasteiger partial charge in [0.15, 0.2) is 0 Å². The average molecular weight is 589 g/mol. The summed E-state index contributed by atoms with van der Waals surface area (Å²) in [4.78, 5) is 2.75. The average Bonchev–Trinajstić information content (AvgIpc) is 2.91. The van der Waals surface area contributed by atoms with E-state index in [9.17, 15) is 0 Å². The van der Waals surface area contributed by atoms with E-state index in [4.69, 9.17) is 3.63 Å². The predicted octanol–water partition coefficient (Wildman–Crippen LogP) is 10.2. The number of benzene rings is 4. The Hall–Kier alpha value is -2.86. The second-order valence-electron chi connectivity index (χ2n) is 13.7. The second-order valence-corrected chi connectivity index (χ2v) is 18.1. The Morgan fingerprint density at radius 2 is 0.805 bits per heavy atom. The number of hydrogen-bond donors (Lipinski definition) is 0. The summed E-state index contributed by atoms with van der Waals surface area (Å²) in [6.07, 6.45) is 0. The summed E-state index contributed by atoms with van der Waals surface area (Å²) in [7, 11) is -7.00. The molecule has 3 nitrogen and oxygen atoms in total. The zero-order valence-electron chi connectivity index (χ0n) is 25.9. The van der Waals surface area contributed by atoms with Gasteiger partial charge in [0.2, 0.25) is 0 Å². The summed E-state index contributed by atoms with van der Waals surface area (Å²) in [5.41, 5.74) is 1.61. The van der Waals surface area contributed by atoms with Gasteiger partial charge in [-0.25, -0.2) is 3.63 Å². The molecule has 0 aliphatic rings. The van der Waals surface area contributed by atoms with Gasteiger partial charge < -0.3 is 0 Å². The first kappa shape index (κ1) is 31.1. The third kappa shape index (κ3) is 6.33. The summed E-state index contributed by atoms with van der Waals surface area (Å²) in [6.45, 7) is 19.0. The summed E-state index contributed by atoms with van der Waals surface area (Å²) >= 11 is 0. The number of rotatable bonds is 6. The molecule has 5 heteroatoms. The molecule has 4 aromatic carbocycles. The van der Waals surface area contributed by atoms with Gasteiger partial charge in [0, 0.05) is 14.7 Å². The molecule has 0 aliphatic carbocycles. The van der Waals surface area contributed by atoms with Crippen LogP contribution in [-0.4, -0.2) is 8.42 Å². The highest BCUT2D eigenvalue weighted by Crippen LogP contribution is 2.70. The summed E-state index contributed by atoms with van der Waals surface area (Å²) in [5.74, 6) is 0. The van der Waals surface area contributed by atoms with Crippen LogP contribution >= 0.6 is 10.3 Å². The molecule has 0 saturated carbocycles. The molecule has 0 heterocycles. The quantitative estimate of drug-likeness (QED) is 0.225. The first-order valence-corrected chi connectivity index (χ1v) is 17.1. The molecule has 0 atom stereocenters. The largest absolute Gasteiger partial charge is 0.307 e. The van der Waals surface area contributed by atoms with E-state index in [1.807, 2.05) is 91.0 Å². The Morgan fingerprint density at radius 1 is 0.488 bits per heavy atom. The fourth-order valence-corrected chi connectivity index (χ4v) is 11.0. The maximum absolute atomic E-state index is 15.1. The van der Waals surface area contributed by atoms with Crippen LogP contribution in [0.25, 0.3) is 0 Å². The van der Waals surface area contributed by atoms with Gasteiger partial charge in [-0.2, -0.15) is 8.42 Å². The molecule has 0 aliphatic heterocycles. The highest BCUT2D eigenvalue weighted by molar-refractivity contribution is 8.33. The van der Waals surface area contributed by atoms with Gasteiger partial charge in [0.05, 0.1) is 0 Å². The van der Waals surface area contributed by atoms with E-state index in [2.05, 4.69) is 74.4 Å². The van der Waals surface area contributed by atoms with Gasteiger partial charge in [-0.1, -0.05) is 129 Å². The van der Waals surface area contributed by atoms with E-state index in [0.717, 1.165) is 31.4 Å². The zero-order chi connectivity index (χ0) is 30.3. The minimum atomic E-state index is -4.32. The lowest BCUT2D eigenvalue weighted by Crippen LogP contribution is -2.27. The molecule has 4 aromatic rings. The molecule has 0 aromatic heterocycles. The fourth-order valence-electron chi connectivity index (χ4n) is 4.98. The normalized spacial score (nSPS) is 13.7. The Kier molecular flexibility index (Phi) is 8.41. The van der Waals surface area contributed by atoms with E-state index >= 15 is 8.42 Å². The van der Waals surface area contributed by atoms with Gasteiger partial charge in [0.25, 0.3) is 0 Å². The Morgan fingerprint density at radius 3 is 1.07 bits per heavy atom. The maximum atomic E-state index is 15.1. The summed E-state index contributed by atoms with van der Waals surface area (Å²) < 4.78 is 36.9. The molecule has 0 amide bonds. The molecule has 4 rings (SSSR count). The van der Waals surface area contributed by atoms with Crippen molar-refractivity contribution in [2.24, 2.45) is 0 Å². The van der Waals surface area contributed by atoms with Crippen LogP contribution < -0.4 is 0 Å². The van der Waals surface area contributed by atoms with Crippen LogP contribution in [0, 0.1) is 0 Å². The summed E-state index contributed by atoms with van der Waals surface area (Å²) in [5, 5.41) is 0. The summed E-state index contributed by atoms with van der Waals surface area (Å²) in [6, 6.07) is 33.5. The van der Waals surface area contributed by atoms with Crippen molar-refractivity contribution in [2.75, 3.05) is 0 Å². The van der Waals surface area contributed by atoms with Crippen molar-refractivity contribution < 1.29 is 12.0 Å². The first-order valence-electron chi connectivity index (χ1n) is 14.1. The van der Waals surface area contributed by atoms with Gasteiger partial charge in [0.1, 0.15) is 4.90 Å². The molecule has 218 valence electrons. The van der Waals surface area contributed by atoms with Crippen LogP contribution in [0.3, 0.4) is 0 Å². The lowest BCUT2D eigenvalue weighted by Gasteiger charge is -2.40. The topological polar surface area (TPSA) is 43.4 Å². The molecule has 0 bridgehead atoms. The molecule has 0 fully saturated rings. The van der Waals surface area contributed by atoms with Crippen molar-refractivity contribution in [3.05, 3.63) is 120 Å². The molecule has 0 radical (unpaired) electrons. The highest BCUT2D eigenvalue weighted by Gasteiger charge is 2.42. The van der Waals surface area contributed by atoms with E-state index in [1.165, 1.54) is 0 Å². The van der Waals surface area contributed by atoms with E-state index < -0.39 is 31.3 Å². The smallest absolute Gasteiger partial charge is 0.203 e. The van der Waals surface area contributed by atoms with E-state index in [0.29, 0.717) is 0 Å². The molecular formula is C36H44O3S2. The van der Waals surface area contributed by atoms with Crippen LogP contribution in [0.15, 0.2) is 123 Å². The standard InChI is InChI=1S/C36H44O3S2/c1-34(2,3)27-25-31(35(4,5)6)33(32(26-27)36(7,8)9)41(37,38)39-40(28-19-13-10-14-20-28,29-21-15-11-16-22-29)30-23-17-12-18-24-30/h10-26H,1-9H3. The van der Waals surface area contributed by atoms with Crippen LogP contribution in [-0.2, 0) is 30.0 Å². The Balaban J connectivity index is 2.13. The van der Waals surface area contributed by atoms with E-state index in [-0.39, 0.29) is 10.3 Å². The molecule has 0 unspecified atom stereocenters. The Bertz CT molecular complexity index is 1460. The van der Waals surface area contributed by atoms with Crippen molar-refractivity contribution in [1.29, 1.82) is 0 Å². The lowest BCUT2D eigenvalue weighted by atomic mass is 9.75. The molecule has 0 spiro atoms. The van der Waals surface area contributed by atoms with Crippen molar-refractivity contribution in [1.82, 2.24) is 0 Å².